The molecule has 0 amide bonds. The molecule has 1 aliphatic carbocycles. The van der Waals surface area contributed by atoms with Gasteiger partial charge >= 0.3 is 0 Å². The molecule has 2 unspecified atom stereocenters. The van der Waals surface area contributed by atoms with E-state index in [4.69, 9.17) is 4.74 Å². The Morgan fingerprint density at radius 2 is 1.84 bits per heavy atom. The molecular formula is C22H30O3. The van der Waals surface area contributed by atoms with Crippen LogP contribution >= 0.6 is 0 Å². The quantitative estimate of drug-likeness (QED) is 0.520. The molecule has 1 aromatic rings. The van der Waals surface area contributed by atoms with E-state index in [0.29, 0.717) is 19.4 Å². The Labute approximate surface area is 151 Å². The molecule has 3 nitrogen and oxygen atoms in total. The molecule has 25 heavy (non-hydrogen) atoms. The van der Waals surface area contributed by atoms with Crippen molar-refractivity contribution in [1.29, 1.82) is 0 Å². The zero-order valence-corrected chi connectivity index (χ0v) is 16.1. The van der Waals surface area contributed by atoms with E-state index in [1.54, 1.807) is 0 Å². The van der Waals surface area contributed by atoms with Crippen LogP contribution in [0.25, 0.3) is 5.57 Å². The average molecular weight is 342 g/mol. The van der Waals surface area contributed by atoms with Crippen molar-refractivity contribution in [2.45, 2.75) is 60.3 Å². The van der Waals surface area contributed by atoms with Gasteiger partial charge in [-0.3, -0.25) is 4.79 Å². The van der Waals surface area contributed by atoms with Crippen LogP contribution in [0.2, 0.25) is 0 Å². The molecule has 2 atom stereocenters. The maximum atomic E-state index is 13.0. The first-order valence-corrected chi connectivity index (χ1v) is 9.31. The van der Waals surface area contributed by atoms with Gasteiger partial charge in [0.05, 0.1) is 12.2 Å². The molecule has 0 saturated carbocycles. The number of ketones is 1. The van der Waals surface area contributed by atoms with Crippen molar-refractivity contribution in [3.63, 3.8) is 0 Å². The molecule has 0 N–H and O–H groups in total. The number of hydrogen-bond donors (Lipinski definition) is 0. The number of carbonyl (C=O) groups excluding carboxylic acids is 2. The fourth-order valence-corrected chi connectivity index (χ4v) is 3.71. The monoisotopic (exact) mass is 342 g/mol. The van der Waals surface area contributed by atoms with Crippen molar-refractivity contribution in [1.82, 2.24) is 0 Å². The normalized spacial score (nSPS) is 19.1. The highest BCUT2D eigenvalue weighted by Crippen LogP contribution is 2.39. The summed E-state index contributed by atoms with van der Waals surface area (Å²) in [5, 5.41) is 0. The fourth-order valence-electron chi connectivity index (χ4n) is 3.71. The number of ether oxygens (including phenoxy) is 1. The van der Waals surface area contributed by atoms with Crippen LogP contribution in [0, 0.1) is 32.6 Å². The Balaban J connectivity index is 2.51. The van der Waals surface area contributed by atoms with Crippen molar-refractivity contribution in [2.24, 2.45) is 11.8 Å². The van der Waals surface area contributed by atoms with Gasteiger partial charge in [0.25, 0.3) is 0 Å². The number of aldehydes is 1. The molecule has 136 valence electrons. The Morgan fingerprint density at radius 3 is 2.40 bits per heavy atom. The van der Waals surface area contributed by atoms with Gasteiger partial charge in [-0.15, -0.1) is 0 Å². The maximum Gasteiger partial charge on any atom is 0.167 e. The summed E-state index contributed by atoms with van der Waals surface area (Å²) in [6, 6.07) is 4.23. The van der Waals surface area contributed by atoms with Crippen LogP contribution in [0.3, 0.4) is 0 Å². The summed E-state index contributed by atoms with van der Waals surface area (Å²) in [4.78, 5) is 24.2. The number of Topliss-reactive ketones (excluding diaryl/α,β-unsaturated/α-hetero) is 1. The summed E-state index contributed by atoms with van der Waals surface area (Å²) in [6.07, 6.45) is 4.05. The summed E-state index contributed by atoms with van der Waals surface area (Å²) < 4.78 is 6.07. The number of unbranched alkanes of at least 4 members (excludes halogenated alkanes) is 1. The summed E-state index contributed by atoms with van der Waals surface area (Å²) in [5.74, 6) is 0.789. The average Bonchev–Trinajstić information content (AvgIpc) is 2.55. The number of rotatable bonds is 7. The first-order chi connectivity index (χ1) is 11.9. The number of hydrogen-bond acceptors (Lipinski definition) is 3. The third-order valence-electron chi connectivity index (χ3n) is 5.11. The van der Waals surface area contributed by atoms with Crippen molar-refractivity contribution >= 4 is 17.6 Å². The molecule has 1 aliphatic rings. The minimum absolute atomic E-state index is 0.0384. The third kappa shape index (κ3) is 4.39. The molecule has 3 heteroatoms. The van der Waals surface area contributed by atoms with E-state index >= 15 is 0 Å². The van der Waals surface area contributed by atoms with Crippen LogP contribution < -0.4 is 0 Å². The van der Waals surface area contributed by atoms with E-state index in [1.807, 2.05) is 6.92 Å². The predicted molar refractivity (Wildman–Crippen MR) is 101 cm³/mol. The molecule has 0 bridgehead atoms. The Morgan fingerprint density at radius 1 is 1.20 bits per heavy atom. The minimum Gasteiger partial charge on any atom is -0.497 e. The van der Waals surface area contributed by atoms with Gasteiger partial charge in [-0.05, 0) is 49.8 Å². The van der Waals surface area contributed by atoms with E-state index in [1.165, 1.54) is 5.56 Å². The Bertz CT molecular complexity index is 662. The van der Waals surface area contributed by atoms with E-state index < -0.39 is 0 Å². The molecule has 0 spiro atoms. The zero-order chi connectivity index (χ0) is 18.6. The van der Waals surface area contributed by atoms with Gasteiger partial charge in [0.1, 0.15) is 12.0 Å². The highest BCUT2D eigenvalue weighted by Gasteiger charge is 2.33. The van der Waals surface area contributed by atoms with Crippen LogP contribution in [-0.2, 0) is 14.3 Å². The summed E-state index contributed by atoms with van der Waals surface area (Å²) in [7, 11) is 0. The van der Waals surface area contributed by atoms with Gasteiger partial charge in [0.15, 0.2) is 5.78 Å². The molecular weight excluding hydrogens is 312 g/mol. The van der Waals surface area contributed by atoms with Crippen LogP contribution in [0.15, 0.2) is 17.9 Å². The van der Waals surface area contributed by atoms with Gasteiger partial charge in [-0.25, -0.2) is 0 Å². The fraction of sp³-hybridized carbons (Fsp3) is 0.545. The molecule has 1 aromatic carbocycles. The first kappa shape index (κ1) is 19.4. The van der Waals surface area contributed by atoms with Gasteiger partial charge in [0.2, 0.25) is 0 Å². The molecule has 2 rings (SSSR count). The lowest BCUT2D eigenvalue weighted by atomic mass is 9.77. The van der Waals surface area contributed by atoms with Gasteiger partial charge in [-0.2, -0.15) is 0 Å². The van der Waals surface area contributed by atoms with Crippen LogP contribution in [0.4, 0.5) is 0 Å². The van der Waals surface area contributed by atoms with Crippen molar-refractivity contribution in [3.8, 4) is 0 Å². The highest BCUT2D eigenvalue weighted by atomic mass is 16.5. The lowest BCUT2D eigenvalue weighted by Gasteiger charge is -2.29. The van der Waals surface area contributed by atoms with E-state index in [0.717, 1.165) is 47.2 Å². The minimum atomic E-state index is -0.129. The number of allylic oxidation sites excluding steroid dienone is 2. The van der Waals surface area contributed by atoms with Crippen molar-refractivity contribution < 1.29 is 14.3 Å². The van der Waals surface area contributed by atoms with Crippen molar-refractivity contribution in [3.05, 3.63) is 40.1 Å². The van der Waals surface area contributed by atoms with E-state index in [2.05, 4.69) is 39.8 Å². The first-order valence-electron chi connectivity index (χ1n) is 9.31. The largest absolute Gasteiger partial charge is 0.497 e. The summed E-state index contributed by atoms with van der Waals surface area (Å²) >= 11 is 0. The molecule has 0 fully saturated rings. The maximum absolute atomic E-state index is 13.0. The molecule has 0 radical (unpaired) electrons. The standard InChI is InChI=1S/C22H30O3/c1-6-7-8-25-20-12-18(17(5)13-23)11-19(24)22(20)21-15(3)9-14(2)10-16(21)4/h9-10,13,17-18H,6-8,11-12H2,1-5H3. The third-order valence-corrected chi connectivity index (χ3v) is 5.11. The predicted octanol–water partition coefficient (Wildman–Crippen LogP) is 4.95. The van der Waals surface area contributed by atoms with Gasteiger partial charge in [-0.1, -0.05) is 38.0 Å². The SMILES string of the molecule is CCCCOC1=C(c2c(C)cc(C)cc2C)C(=O)CC(C(C)C=O)C1. The van der Waals surface area contributed by atoms with Gasteiger partial charge < -0.3 is 9.53 Å². The topological polar surface area (TPSA) is 43.4 Å². The lowest BCUT2D eigenvalue weighted by molar-refractivity contribution is -0.117. The molecule has 0 heterocycles. The number of aryl methyl sites for hydroxylation is 3. The second kappa shape index (κ2) is 8.46. The zero-order valence-electron chi connectivity index (χ0n) is 16.1. The van der Waals surface area contributed by atoms with Crippen molar-refractivity contribution in [2.75, 3.05) is 6.61 Å². The molecule has 0 aliphatic heterocycles. The van der Waals surface area contributed by atoms with Crippen LogP contribution in [0.1, 0.15) is 61.8 Å². The second-order valence-electron chi connectivity index (χ2n) is 7.36. The molecule has 0 saturated heterocycles. The summed E-state index contributed by atoms with van der Waals surface area (Å²) in [5.41, 5.74) is 5.17. The Hall–Kier alpha value is -1.90. The number of benzene rings is 1. The van der Waals surface area contributed by atoms with Crippen LogP contribution in [-0.4, -0.2) is 18.7 Å². The highest BCUT2D eigenvalue weighted by molar-refractivity contribution is 6.22. The Kier molecular flexibility index (Phi) is 6.57. The molecule has 0 aromatic heterocycles. The van der Waals surface area contributed by atoms with Gasteiger partial charge in [0, 0.05) is 18.8 Å². The summed E-state index contributed by atoms with van der Waals surface area (Å²) in [6.45, 7) is 10.8. The van der Waals surface area contributed by atoms with E-state index in [9.17, 15) is 9.59 Å². The second-order valence-corrected chi connectivity index (χ2v) is 7.36. The smallest absolute Gasteiger partial charge is 0.167 e. The van der Waals surface area contributed by atoms with Crippen LogP contribution in [0.5, 0.6) is 0 Å². The van der Waals surface area contributed by atoms with E-state index in [-0.39, 0.29) is 17.6 Å². The number of carbonyl (C=O) groups is 2. The lowest BCUT2D eigenvalue weighted by Crippen LogP contribution is -2.26.